The van der Waals surface area contributed by atoms with Crippen LogP contribution in [0, 0.1) is 0 Å². The summed E-state index contributed by atoms with van der Waals surface area (Å²) in [5.41, 5.74) is 38.4. The van der Waals surface area contributed by atoms with Crippen LogP contribution in [0.4, 0.5) is 0 Å². The summed E-state index contributed by atoms with van der Waals surface area (Å²) in [4.78, 5) is 52.7. The van der Waals surface area contributed by atoms with Crippen LogP contribution >= 0.6 is 0 Å². The SMILES string of the molecule is NC(N)=NCCC[C@H](N)C(=O)OC(=O)[C@@H](N)Cc1cn(OC(=O)[C@@H](N)CCCN=C(N)N)cn1. The van der Waals surface area contributed by atoms with Crippen molar-refractivity contribution in [3.63, 3.8) is 0 Å². The molecule has 0 saturated carbocycles. The molecule has 14 N–H and O–H groups in total. The van der Waals surface area contributed by atoms with E-state index in [9.17, 15) is 14.4 Å². The minimum Gasteiger partial charge on any atom is -0.391 e. The van der Waals surface area contributed by atoms with E-state index in [1.165, 1.54) is 12.5 Å². The zero-order valence-corrected chi connectivity index (χ0v) is 18.7. The number of hydrogen-bond acceptors (Lipinski definition) is 11. The number of carbonyl (C=O) groups is 3. The van der Waals surface area contributed by atoms with Gasteiger partial charge in [-0.15, -0.1) is 0 Å². The van der Waals surface area contributed by atoms with Gasteiger partial charge < -0.3 is 49.7 Å². The van der Waals surface area contributed by atoms with Crippen LogP contribution in [-0.4, -0.2) is 70.8 Å². The molecule has 0 fully saturated rings. The highest BCUT2D eigenvalue weighted by Gasteiger charge is 2.24. The van der Waals surface area contributed by atoms with Crippen molar-refractivity contribution in [3.8, 4) is 0 Å². The normalized spacial score (nSPS) is 13.3. The van der Waals surface area contributed by atoms with Gasteiger partial charge in [0.2, 0.25) is 0 Å². The topological polar surface area (TPSA) is 294 Å². The molecule has 0 aliphatic heterocycles. The highest BCUT2D eigenvalue weighted by atomic mass is 16.7. The van der Waals surface area contributed by atoms with Gasteiger partial charge in [0, 0.05) is 19.5 Å². The summed E-state index contributed by atoms with van der Waals surface area (Å²) in [6.45, 7) is 0.616. The third-order valence-electron chi connectivity index (χ3n) is 4.28. The van der Waals surface area contributed by atoms with Crippen molar-refractivity contribution in [2.75, 3.05) is 13.1 Å². The molecule has 0 amide bonds. The van der Waals surface area contributed by atoms with Crippen LogP contribution in [0.15, 0.2) is 22.5 Å². The number of carbonyl (C=O) groups excluding carboxylic acids is 3. The Morgan fingerprint density at radius 2 is 1.35 bits per heavy atom. The van der Waals surface area contributed by atoms with E-state index in [1.807, 2.05) is 0 Å². The Morgan fingerprint density at radius 3 is 1.88 bits per heavy atom. The van der Waals surface area contributed by atoms with Crippen LogP contribution in [0.3, 0.4) is 0 Å². The number of ether oxygens (including phenoxy) is 1. The van der Waals surface area contributed by atoms with Crippen LogP contribution in [0.1, 0.15) is 31.4 Å². The first-order valence-electron chi connectivity index (χ1n) is 10.4. The highest BCUT2D eigenvalue weighted by Crippen LogP contribution is 2.04. The van der Waals surface area contributed by atoms with Crippen molar-refractivity contribution in [3.05, 3.63) is 18.2 Å². The molecule has 1 aromatic heterocycles. The summed E-state index contributed by atoms with van der Waals surface area (Å²) in [5.74, 6) is -2.71. The Bertz CT molecular complexity index is 877. The molecule has 1 aromatic rings. The molecule has 0 bridgehead atoms. The average molecular weight is 484 g/mol. The third-order valence-corrected chi connectivity index (χ3v) is 4.28. The quantitative estimate of drug-likeness (QED) is 0.0432. The van der Waals surface area contributed by atoms with Crippen LogP contribution in [0.2, 0.25) is 0 Å². The molecular weight excluding hydrogens is 450 g/mol. The van der Waals surface area contributed by atoms with Gasteiger partial charge in [-0.3, -0.25) is 9.98 Å². The minimum absolute atomic E-state index is 0.0455. The molecule has 0 unspecified atom stereocenters. The summed E-state index contributed by atoms with van der Waals surface area (Å²) in [7, 11) is 0. The fraction of sp³-hybridized carbons (Fsp3) is 0.556. The molecule has 34 heavy (non-hydrogen) atoms. The summed E-state index contributed by atoms with van der Waals surface area (Å²) >= 11 is 0. The van der Waals surface area contributed by atoms with Gasteiger partial charge in [-0.2, -0.15) is 4.73 Å². The fourth-order valence-corrected chi connectivity index (χ4v) is 2.51. The number of nitrogens with zero attached hydrogens (tertiary/aromatic N) is 4. The molecule has 16 heteroatoms. The number of aliphatic imine (C=N–C) groups is 2. The summed E-state index contributed by atoms with van der Waals surface area (Å²) in [6, 6.07) is -3.13. The zero-order chi connectivity index (χ0) is 25.7. The van der Waals surface area contributed by atoms with Crippen LogP contribution < -0.4 is 45.0 Å². The lowest BCUT2D eigenvalue weighted by Gasteiger charge is -2.12. The maximum Gasteiger partial charge on any atom is 0.349 e. The van der Waals surface area contributed by atoms with Gasteiger partial charge in [-0.1, -0.05) is 0 Å². The first kappa shape index (κ1) is 28.3. The molecule has 0 aliphatic carbocycles. The van der Waals surface area contributed by atoms with Crippen LogP contribution in [0.5, 0.6) is 0 Å². The lowest BCUT2D eigenvalue weighted by Crippen LogP contribution is -2.40. The monoisotopic (exact) mass is 483 g/mol. The van der Waals surface area contributed by atoms with Gasteiger partial charge in [0.25, 0.3) is 0 Å². The molecule has 0 radical (unpaired) electrons. The maximum absolute atomic E-state index is 12.1. The molecule has 0 aromatic carbocycles. The molecule has 0 saturated heterocycles. The number of esters is 2. The molecule has 190 valence electrons. The Kier molecular flexibility index (Phi) is 12.0. The standard InChI is InChI=1S/C18H33N11O5/c19-11(3-1-5-26-17(22)23)14(30)33-15(31)13(21)7-10-8-29(9-28-10)34-16(32)12(20)4-2-6-27-18(24)25/h8-9,11-13H,1-7,19-21H2,(H4,22,23,26)(H4,24,25,27)/t11-,12-,13-/m0/s1. The van der Waals surface area contributed by atoms with Crippen molar-refractivity contribution in [1.82, 2.24) is 9.71 Å². The van der Waals surface area contributed by atoms with Gasteiger partial charge in [-0.25, -0.2) is 19.4 Å². The molecular formula is C18H33N11O5. The lowest BCUT2D eigenvalue weighted by molar-refractivity contribution is -0.161. The van der Waals surface area contributed by atoms with Gasteiger partial charge in [0.1, 0.15) is 24.5 Å². The van der Waals surface area contributed by atoms with Crippen molar-refractivity contribution in [2.24, 2.45) is 50.1 Å². The van der Waals surface area contributed by atoms with E-state index in [-0.39, 0.29) is 31.3 Å². The Morgan fingerprint density at radius 1 is 0.853 bits per heavy atom. The Balaban J connectivity index is 2.45. The average Bonchev–Trinajstić information content (AvgIpc) is 3.19. The first-order chi connectivity index (χ1) is 16.0. The van der Waals surface area contributed by atoms with Crippen molar-refractivity contribution in [1.29, 1.82) is 0 Å². The molecule has 16 nitrogen and oxygen atoms in total. The fourth-order valence-electron chi connectivity index (χ4n) is 2.51. The number of imidazole rings is 1. The number of rotatable bonds is 14. The van der Waals surface area contributed by atoms with E-state index in [2.05, 4.69) is 15.0 Å². The predicted molar refractivity (Wildman–Crippen MR) is 122 cm³/mol. The summed E-state index contributed by atoms with van der Waals surface area (Å²) in [5, 5.41) is 0. The number of nitrogens with two attached hydrogens (primary N) is 7. The van der Waals surface area contributed by atoms with Crippen LogP contribution in [0.25, 0.3) is 0 Å². The third kappa shape index (κ3) is 11.2. The zero-order valence-electron chi connectivity index (χ0n) is 18.7. The van der Waals surface area contributed by atoms with E-state index < -0.39 is 36.0 Å². The predicted octanol–water partition coefficient (Wildman–Crippen LogP) is -4.46. The smallest absolute Gasteiger partial charge is 0.349 e. The second kappa shape index (κ2) is 14.4. The van der Waals surface area contributed by atoms with Crippen molar-refractivity contribution in [2.45, 2.75) is 50.2 Å². The van der Waals surface area contributed by atoms with Gasteiger partial charge in [0.15, 0.2) is 11.9 Å². The lowest BCUT2D eigenvalue weighted by atomic mass is 10.1. The first-order valence-corrected chi connectivity index (χ1v) is 10.4. The molecule has 0 aliphatic rings. The van der Waals surface area contributed by atoms with Gasteiger partial charge in [-0.05, 0) is 25.7 Å². The summed E-state index contributed by atoms with van der Waals surface area (Å²) in [6.07, 6.45) is 3.89. The van der Waals surface area contributed by atoms with E-state index in [4.69, 9.17) is 49.7 Å². The molecule has 0 spiro atoms. The number of guanidine groups is 2. The highest BCUT2D eigenvalue weighted by molar-refractivity contribution is 5.90. The Hall–Kier alpha value is -3.76. The van der Waals surface area contributed by atoms with Gasteiger partial charge in [0.05, 0.1) is 11.9 Å². The molecule has 1 heterocycles. The number of hydrogen-bond donors (Lipinski definition) is 7. The van der Waals surface area contributed by atoms with Crippen molar-refractivity contribution >= 4 is 29.8 Å². The Labute approximate surface area is 195 Å². The van der Waals surface area contributed by atoms with E-state index in [0.717, 1.165) is 4.73 Å². The van der Waals surface area contributed by atoms with E-state index in [1.54, 1.807) is 0 Å². The molecule has 1 rings (SSSR count). The second-order valence-corrected chi connectivity index (χ2v) is 7.30. The van der Waals surface area contributed by atoms with Gasteiger partial charge >= 0.3 is 17.9 Å². The number of aromatic nitrogens is 2. The van der Waals surface area contributed by atoms with E-state index in [0.29, 0.717) is 31.5 Å². The minimum atomic E-state index is -1.20. The summed E-state index contributed by atoms with van der Waals surface area (Å²) < 4.78 is 5.75. The van der Waals surface area contributed by atoms with Crippen LogP contribution in [-0.2, 0) is 25.5 Å². The van der Waals surface area contributed by atoms with E-state index >= 15 is 0 Å². The maximum atomic E-state index is 12.1. The largest absolute Gasteiger partial charge is 0.391 e. The molecule has 3 atom stereocenters. The second-order valence-electron chi connectivity index (χ2n) is 7.30. The van der Waals surface area contributed by atoms with Crippen molar-refractivity contribution < 1.29 is 24.0 Å².